The Bertz CT molecular complexity index is 1140. The molecule has 3 aromatic rings. The molecular formula is C33H40N2O. The summed E-state index contributed by atoms with van der Waals surface area (Å²) in [5, 5.41) is 0. The van der Waals surface area contributed by atoms with E-state index < -0.39 is 0 Å². The van der Waals surface area contributed by atoms with Crippen LogP contribution < -0.4 is 9.80 Å². The molecule has 1 saturated carbocycles. The summed E-state index contributed by atoms with van der Waals surface area (Å²) in [5.41, 5.74) is 6.89. The van der Waals surface area contributed by atoms with E-state index in [4.69, 9.17) is 0 Å². The number of carbonyl (C=O) groups is 1. The Kier molecular flexibility index (Phi) is 9.00. The SMILES string of the molecule is CCC/C=C/c1cccc(N(Cc2ccc(-c3ccc(N(C)C)cc3)cc2)C(=O)C2CCCCC2)c1. The first kappa shape index (κ1) is 25.8. The maximum absolute atomic E-state index is 13.8. The molecule has 3 heteroatoms. The molecule has 4 rings (SSSR count). The number of allylic oxidation sites excluding steroid dienone is 1. The van der Waals surface area contributed by atoms with Crippen molar-refractivity contribution in [3.8, 4) is 11.1 Å². The van der Waals surface area contributed by atoms with Crippen LogP contribution in [0.4, 0.5) is 11.4 Å². The highest BCUT2D eigenvalue weighted by molar-refractivity contribution is 5.95. The number of anilines is 2. The topological polar surface area (TPSA) is 23.6 Å². The van der Waals surface area contributed by atoms with Gasteiger partial charge in [-0.1, -0.05) is 93.3 Å². The Morgan fingerprint density at radius 1 is 0.861 bits per heavy atom. The molecule has 0 saturated heterocycles. The number of hydrogen-bond donors (Lipinski definition) is 0. The first-order valence-corrected chi connectivity index (χ1v) is 13.5. The average molecular weight is 481 g/mol. The van der Waals surface area contributed by atoms with E-state index in [0.29, 0.717) is 6.54 Å². The summed E-state index contributed by atoms with van der Waals surface area (Å²) < 4.78 is 0. The number of rotatable bonds is 9. The molecule has 1 aliphatic rings. The molecule has 0 aliphatic heterocycles. The van der Waals surface area contributed by atoms with Crippen molar-refractivity contribution < 1.29 is 4.79 Å². The van der Waals surface area contributed by atoms with Gasteiger partial charge in [-0.2, -0.15) is 0 Å². The van der Waals surface area contributed by atoms with Crippen molar-refractivity contribution in [3.63, 3.8) is 0 Å². The summed E-state index contributed by atoms with van der Waals surface area (Å²) in [6.07, 6.45) is 12.2. The van der Waals surface area contributed by atoms with Gasteiger partial charge in [0.1, 0.15) is 0 Å². The lowest BCUT2D eigenvalue weighted by molar-refractivity contribution is -0.123. The van der Waals surface area contributed by atoms with E-state index in [1.165, 1.54) is 23.2 Å². The number of amides is 1. The molecule has 0 aromatic heterocycles. The fourth-order valence-electron chi connectivity index (χ4n) is 4.99. The molecule has 0 bridgehead atoms. The summed E-state index contributed by atoms with van der Waals surface area (Å²) in [6, 6.07) is 25.8. The molecule has 0 unspecified atom stereocenters. The lowest BCUT2D eigenvalue weighted by Gasteiger charge is -2.30. The Morgan fingerprint density at radius 3 is 2.17 bits per heavy atom. The Labute approximate surface area is 217 Å². The summed E-state index contributed by atoms with van der Waals surface area (Å²) in [5.74, 6) is 0.403. The van der Waals surface area contributed by atoms with Gasteiger partial charge in [-0.25, -0.2) is 0 Å². The Morgan fingerprint density at radius 2 is 1.53 bits per heavy atom. The Hall–Kier alpha value is -3.33. The lowest BCUT2D eigenvalue weighted by atomic mass is 9.88. The minimum atomic E-state index is 0.132. The van der Waals surface area contributed by atoms with Gasteiger partial charge in [0.2, 0.25) is 5.91 Å². The van der Waals surface area contributed by atoms with E-state index in [0.717, 1.165) is 55.3 Å². The van der Waals surface area contributed by atoms with E-state index in [9.17, 15) is 4.79 Å². The second-order valence-electron chi connectivity index (χ2n) is 10.2. The van der Waals surface area contributed by atoms with E-state index in [1.54, 1.807) is 0 Å². The second-order valence-corrected chi connectivity index (χ2v) is 10.2. The van der Waals surface area contributed by atoms with Crippen molar-refractivity contribution in [2.24, 2.45) is 5.92 Å². The van der Waals surface area contributed by atoms with Crippen LogP contribution in [-0.2, 0) is 11.3 Å². The van der Waals surface area contributed by atoms with E-state index in [2.05, 4.69) is 111 Å². The summed E-state index contributed by atoms with van der Waals surface area (Å²) in [4.78, 5) is 17.9. The second kappa shape index (κ2) is 12.6. The van der Waals surface area contributed by atoms with Crippen LogP contribution in [0.5, 0.6) is 0 Å². The van der Waals surface area contributed by atoms with Crippen molar-refractivity contribution in [2.75, 3.05) is 23.9 Å². The Balaban J connectivity index is 1.57. The van der Waals surface area contributed by atoms with E-state index in [1.807, 2.05) is 4.90 Å². The largest absolute Gasteiger partial charge is 0.378 e. The number of unbranched alkanes of at least 4 members (excludes halogenated alkanes) is 1. The van der Waals surface area contributed by atoms with Gasteiger partial charge in [0, 0.05) is 31.4 Å². The third-order valence-corrected chi connectivity index (χ3v) is 7.18. The zero-order chi connectivity index (χ0) is 25.3. The molecule has 3 nitrogen and oxygen atoms in total. The molecule has 3 aromatic carbocycles. The minimum Gasteiger partial charge on any atom is -0.378 e. The van der Waals surface area contributed by atoms with Crippen LogP contribution in [0.25, 0.3) is 17.2 Å². The van der Waals surface area contributed by atoms with E-state index in [-0.39, 0.29) is 11.8 Å². The van der Waals surface area contributed by atoms with Crippen LogP contribution in [0, 0.1) is 5.92 Å². The molecule has 0 N–H and O–H groups in total. The van der Waals surface area contributed by atoms with Gasteiger partial charge in [0.05, 0.1) is 6.54 Å². The molecule has 0 heterocycles. The third-order valence-electron chi connectivity index (χ3n) is 7.18. The van der Waals surface area contributed by atoms with Gasteiger partial charge < -0.3 is 9.80 Å². The maximum Gasteiger partial charge on any atom is 0.230 e. The van der Waals surface area contributed by atoms with Gasteiger partial charge in [-0.15, -0.1) is 0 Å². The standard InChI is InChI=1S/C33H40N2O/c1-4-5-7-11-26-12-10-15-32(24-26)35(33(36)30-13-8-6-9-14-30)25-27-16-18-28(19-17-27)29-20-22-31(23-21-29)34(2)3/h7,10-12,15-24,30H,4-6,8-9,13-14,25H2,1-3H3/b11-7+. The van der Waals surface area contributed by atoms with Crippen LogP contribution in [0.15, 0.2) is 78.9 Å². The molecule has 1 aliphatic carbocycles. The number of hydrogen-bond acceptors (Lipinski definition) is 2. The monoisotopic (exact) mass is 480 g/mol. The molecule has 1 fully saturated rings. The molecule has 36 heavy (non-hydrogen) atoms. The van der Waals surface area contributed by atoms with Crippen molar-refractivity contribution in [1.29, 1.82) is 0 Å². The number of carbonyl (C=O) groups excluding carboxylic acids is 1. The van der Waals surface area contributed by atoms with E-state index >= 15 is 0 Å². The summed E-state index contributed by atoms with van der Waals surface area (Å²) >= 11 is 0. The first-order chi connectivity index (χ1) is 17.5. The molecule has 1 amide bonds. The predicted molar refractivity (Wildman–Crippen MR) is 154 cm³/mol. The summed E-state index contributed by atoms with van der Waals surface area (Å²) in [7, 11) is 4.11. The highest BCUT2D eigenvalue weighted by Gasteiger charge is 2.27. The third kappa shape index (κ3) is 6.66. The maximum atomic E-state index is 13.8. The van der Waals surface area contributed by atoms with Gasteiger partial charge >= 0.3 is 0 Å². The van der Waals surface area contributed by atoms with Crippen molar-refractivity contribution >= 4 is 23.4 Å². The number of nitrogens with zero attached hydrogens (tertiary/aromatic N) is 2. The molecular weight excluding hydrogens is 440 g/mol. The van der Waals surface area contributed by atoms with Crippen LogP contribution in [0.3, 0.4) is 0 Å². The van der Waals surface area contributed by atoms with Crippen LogP contribution in [0.1, 0.15) is 63.0 Å². The van der Waals surface area contributed by atoms with Crippen molar-refractivity contribution in [2.45, 2.75) is 58.4 Å². The zero-order valence-electron chi connectivity index (χ0n) is 22.1. The predicted octanol–water partition coefficient (Wildman–Crippen LogP) is 8.35. The van der Waals surface area contributed by atoms with Crippen LogP contribution in [0.2, 0.25) is 0 Å². The normalized spacial score (nSPS) is 14.2. The lowest BCUT2D eigenvalue weighted by Crippen LogP contribution is -2.36. The minimum absolute atomic E-state index is 0.132. The highest BCUT2D eigenvalue weighted by Crippen LogP contribution is 2.30. The number of benzene rings is 3. The average Bonchev–Trinajstić information content (AvgIpc) is 2.92. The molecule has 188 valence electrons. The van der Waals surface area contributed by atoms with Gasteiger partial charge in [-0.3, -0.25) is 4.79 Å². The van der Waals surface area contributed by atoms with Crippen molar-refractivity contribution in [1.82, 2.24) is 0 Å². The van der Waals surface area contributed by atoms with Crippen LogP contribution >= 0.6 is 0 Å². The molecule has 0 atom stereocenters. The van der Waals surface area contributed by atoms with Crippen LogP contribution in [-0.4, -0.2) is 20.0 Å². The summed E-state index contributed by atoms with van der Waals surface area (Å²) in [6.45, 7) is 2.78. The van der Waals surface area contributed by atoms with Crippen molar-refractivity contribution in [3.05, 3.63) is 90.0 Å². The molecule has 0 radical (unpaired) electrons. The smallest absolute Gasteiger partial charge is 0.230 e. The highest BCUT2D eigenvalue weighted by atomic mass is 16.2. The van der Waals surface area contributed by atoms with Gasteiger partial charge in [-0.05, 0) is 65.8 Å². The fourth-order valence-corrected chi connectivity index (χ4v) is 4.99. The molecule has 0 spiro atoms. The quantitative estimate of drug-likeness (QED) is 0.307. The van der Waals surface area contributed by atoms with Gasteiger partial charge in [0.15, 0.2) is 0 Å². The fraction of sp³-hybridized carbons (Fsp3) is 0.364. The zero-order valence-corrected chi connectivity index (χ0v) is 22.1. The first-order valence-electron chi connectivity index (χ1n) is 13.5. The van der Waals surface area contributed by atoms with Gasteiger partial charge in [0.25, 0.3) is 0 Å².